The number of amides is 3. The fraction of sp³-hybridized carbons (Fsp3) is 0.417. The number of nitrogens with zero attached hydrogens (tertiary/aromatic N) is 1. The van der Waals surface area contributed by atoms with Crippen LogP contribution in [0, 0.1) is 5.92 Å². The maximum absolute atomic E-state index is 12.8. The minimum absolute atomic E-state index is 0.0751. The van der Waals surface area contributed by atoms with Crippen molar-refractivity contribution in [1.29, 1.82) is 0 Å². The summed E-state index contributed by atoms with van der Waals surface area (Å²) >= 11 is 0. The number of benzene rings is 1. The zero-order chi connectivity index (χ0) is 23.8. The number of carbonyl (C=O) groups excluding carboxylic acids is 3. The minimum atomic E-state index is -0.740. The first-order valence-electron chi connectivity index (χ1n) is 11.1. The van der Waals surface area contributed by atoms with Gasteiger partial charge < -0.3 is 25.7 Å². The van der Waals surface area contributed by atoms with Crippen LogP contribution in [-0.2, 0) is 11.3 Å². The van der Waals surface area contributed by atoms with E-state index >= 15 is 0 Å². The van der Waals surface area contributed by atoms with Gasteiger partial charge in [0.05, 0.1) is 12.1 Å². The predicted molar refractivity (Wildman–Crippen MR) is 123 cm³/mol. The Kier molecular flexibility index (Phi) is 8.23. The van der Waals surface area contributed by atoms with Crippen molar-refractivity contribution < 1.29 is 19.1 Å². The first-order chi connectivity index (χ1) is 15.9. The number of ether oxygens (including phenoxy) is 1. The summed E-state index contributed by atoms with van der Waals surface area (Å²) in [5.74, 6) is -0.453. The molecule has 3 rings (SSSR count). The summed E-state index contributed by atoms with van der Waals surface area (Å²) in [6.07, 6.45) is 4.75. The number of pyridine rings is 1. The van der Waals surface area contributed by atoms with Gasteiger partial charge in [-0.25, -0.2) is 4.79 Å². The average Bonchev–Trinajstić information content (AvgIpc) is 2.81. The molecule has 1 saturated carbocycles. The van der Waals surface area contributed by atoms with E-state index in [1.165, 1.54) is 23.9 Å². The molecular weight excluding hydrogens is 424 g/mol. The zero-order valence-corrected chi connectivity index (χ0v) is 18.7. The van der Waals surface area contributed by atoms with Crippen LogP contribution < -0.4 is 21.9 Å². The van der Waals surface area contributed by atoms with Crippen LogP contribution in [0.5, 0.6) is 0 Å². The number of primary amides is 1. The Morgan fingerprint density at radius 2 is 1.79 bits per heavy atom. The highest BCUT2D eigenvalue weighted by Crippen LogP contribution is 2.28. The van der Waals surface area contributed by atoms with E-state index in [-0.39, 0.29) is 29.7 Å². The summed E-state index contributed by atoms with van der Waals surface area (Å²) in [4.78, 5) is 48.7. The number of nitrogens with one attached hydrogen (secondary N) is 2. The molecule has 0 atom stereocenters. The van der Waals surface area contributed by atoms with E-state index in [0.29, 0.717) is 12.5 Å². The van der Waals surface area contributed by atoms with E-state index in [0.717, 1.165) is 37.7 Å². The Balaban J connectivity index is 1.64. The highest BCUT2D eigenvalue weighted by molar-refractivity contribution is 5.99. The molecule has 1 aromatic carbocycles. The second kappa shape index (κ2) is 11.3. The van der Waals surface area contributed by atoms with Gasteiger partial charge in [0.25, 0.3) is 17.4 Å². The third-order valence-electron chi connectivity index (χ3n) is 5.93. The minimum Gasteiger partial charge on any atom is -0.446 e. The van der Waals surface area contributed by atoms with Crippen LogP contribution in [0.3, 0.4) is 0 Å². The number of rotatable bonds is 8. The first-order valence-corrected chi connectivity index (χ1v) is 11.1. The van der Waals surface area contributed by atoms with Gasteiger partial charge in [-0.05, 0) is 49.7 Å². The summed E-state index contributed by atoms with van der Waals surface area (Å²) in [6, 6.07) is 10.7. The van der Waals surface area contributed by atoms with E-state index in [1.54, 1.807) is 0 Å². The molecule has 9 nitrogen and oxygen atoms in total. The summed E-state index contributed by atoms with van der Waals surface area (Å²) < 4.78 is 6.44. The largest absolute Gasteiger partial charge is 0.446 e. The Hall–Kier alpha value is -3.62. The molecule has 1 aliphatic carbocycles. The number of aromatic nitrogens is 1. The van der Waals surface area contributed by atoms with Crippen molar-refractivity contribution in [2.45, 2.75) is 44.8 Å². The van der Waals surface area contributed by atoms with Gasteiger partial charge in [-0.2, -0.15) is 0 Å². The fourth-order valence-corrected chi connectivity index (χ4v) is 4.15. The quantitative estimate of drug-likeness (QED) is 0.561. The van der Waals surface area contributed by atoms with Crippen LogP contribution in [0.1, 0.15) is 58.4 Å². The van der Waals surface area contributed by atoms with Crippen molar-refractivity contribution in [3.05, 3.63) is 69.6 Å². The third-order valence-corrected chi connectivity index (χ3v) is 5.93. The van der Waals surface area contributed by atoms with Crippen molar-refractivity contribution in [2.75, 3.05) is 13.6 Å². The lowest BCUT2D eigenvalue weighted by Gasteiger charge is -2.27. The van der Waals surface area contributed by atoms with E-state index in [4.69, 9.17) is 10.5 Å². The molecule has 0 spiro atoms. The molecule has 9 heteroatoms. The van der Waals surface area contributed by atoms with Gasteiger partial charge in [-0.1, -0.05) is 30.3 Å². The third kappa shape index (κ3) is 6.68. The first kappa shape index (κ1) is 24.0. The van der Waals surface area contributed by atoms with Crippen LogP contribution in [-0.4, -0.2) is 42.2 Å². The average molecular weight is 455 g/mol. The molecule has 4 N–H and O–H groups in total. The molecule has 2 aromatic rings. The Labute approximate surface area is 192 Å². The SMILES string of the molecule is CNC(=O)c1cc(C(=O)NCCC2CCC(OC(N)=O)CC2)cn(Cc2ccccc2)c1=O. The van der Waals surface area contributed by atoms with E-state index in [2.05, 4.69) is 10.6 Å². The van der Waals surface area contributed by atoms with Gasteiger partial charge in [0.2, 0.25) is 0 Å². The van der Waals surface area contributed by atoms with Crippen LogP contribution in [0.15, 0.2) is 47.4 Å². The van der Waals surface area contributed by atoms with Gasteiger partial charge in [0.15, 0.2) is 0 Å². The number of nitrogens with two attached hydrogens (primary N) is 1. The standard InChI is InChI=1S/C24H30N4O5/c1-26-22(30)20-13-18(15-28(23(20)31)14-17-5-3-2-4-6-17)21(29)27-12-11-16-7-9-19(10-8-16)33-24(25)32/h2-6,13,15-16,19H,7-12,14H2,1H3,(H2,25,32)(H,26,30)(H,27,29). The number of hydrogen-bond donors (Lipinski definition) is 3. The molecule has 1 fully saturated rings. The van der Waals surface area contributed by atoms with E-state index in [1.807, 2.05) is 30.3 Å². The van der Waals surface area contributed by atoms with Crippen LogP contribution in [0.25, 0.3) is 0 Å². The molecule has 0 aliphatic heterocycles. The maximum atomic E-state index is 12.8. The lowest BCUT2D eigenvalue weighted by Crippen LogP contribution is -2.34. The normalized spacial score (nSPS) is 17.7. The molecule has 0 unspecified atom stereocenters. The van der Waals surface area contributed by atoms with Gasteiger partial charge in [0, 0.05) is 19.8 Å². The van der Waals surface area contributed by atoms with Crippen molar-refractivity contribution in [1.82, 2.24) is 15.2 Å². The van der Waals surface area contributed by atoms with Gasteiger partial charge in [-0.15, -0.1) is 0 Å². The number of carbonyl (C=O) groups is 3. The maximum Gasteiger partial charge on any atom is 0.404 e. The summed E-state index contributed by atoms with van der Waals surface area (Å²) in [7, 11) is 1.44. The Morgan fingerprint density at radius 1 is 1.09 bits per heavy atom. The van der Waals surface area contributed by atoms with Crippen molar-refractivity contribution in [2.24, 2.45) is 11.7 Å². The molecule has 3 amide bonds. The molecular formula is C24H30N4O5. The van der Waals surface area contributed by atoms with Crippen LogP contribution in [0.2, 0.25) is 0 Å². The molecule has 0 saturated heterocycles. The summed E-state index contributed by atoms with van der Waals surface area (Å²) in [6.45, 7) is 0.722. The molecule has 1 aliphatic rings. The highest BCUT2D eigenvalue weighted by Gasteiger charge is 2.23. The summed E-state index contributed by atoms with van der Waals surface area (Å²) in [5.41, 5.74) is 5.68. The molecule has 0 bridgehead atoms. The topological polar surface area (TPSA) is 133 Å². The monoisotopic (exact) mass is 454 g/mol. The molecule has 33 heavy (non-hydrogen) atoms. The summed E-state index contributed by atoms with van der Waals surface area (Å²) in [5, 5.41) is 5.35. The number of hydrogen-bond acceptors (Lipinski definition) is 5. The van der Waals surface area contributed by atoms with Gasteiger partial charge in [0.1, 0.15) is 11.7 Å². The van der Waals surface area contributed by atoms with Crippen molar-refractivity contribution >= 4 is 17.9 Å². The second-order valence-electron chi connectivity index (χ2n) is 8.26. The second-order valence-corrected chi connectivity index (χ2v) is 8.26. The van der Waals surface area contributed by atoms with Gasteiger partial charge in [-0.3, -0.25) is 14.4 Å². The predicted octanol–water partition coefficient (Wildman–Crippen LogP) is 2.03. The van der Waals surface area contributed by atoms with E-state index < -0.39 is 17.6 Å². The van der Waals surface area contributed by atoms with Gasteiger partial charge >= 0.3 is 6.09 Å². The molecule has 0 radical (unpaired) electrons. The fourth-order valence-electron chi connectivity index (χ4n) is 4.15. The van der Waals surface area contributed by atoms with Crippen LogP contribution in [0.4, 0.5) is 4.79 Å². The molecule has 176 valence electrons. The van der Waals surface area contributed by atoms with Crippen molar-refractivity contribution in [3.63, 3.8) is 0 Å². The van der Waals surface area contributed by atoms with Crippen LogP contribution >= 0.6 is 0 Å². The van der Waals surface area contributed by atoms with Crippen molar-refractivity contribution in [3.8, 4) is 0 Å². The zero-order valence-electron chi connectivity index (χ0n) is 18.7. The van der Waals surface area contributed by atoms with E-state index in [9.17, 15) is 19.2 Å². The lowest BCUT2D eigenvalue weighted by molar-refractivity contribution is 0.0693. The Bertz CT molecular complexity index is 1040. The lowest BCUT2D eigenvalue weighted by atomic mass is 9.85. The molecule has 1 heterocycles. The smallest absolute Gasteiger partial charge is 0.404 e. The Morgan fingerprint density at radius 3 is 2.42 bits per heavy atom. The molecule has 1 aromatic heterocycles. The highest BCUT2D eigenvalue weighted by atomic mass is 16.6.